The molecular formula is C20H20ClN3O3S. The average molecular weight is 418 g/mol. The van der Waals surface area contributed by atoms with Gasteiger partial charge in [-0.3, -0.25) is 9.59 Å². The molecular weight excluding hydrogens is 398 g/mol. The van der Waals surface area contributed by atoms with Gasteiger partial charge in [0.1, 0.15) is 5.75 Å². The summed E-state index contributed by atoms with van der Waals surface area (Å²) in [5.74, 6) is 0.292. The Kier molecular flexibility index (Phi) is 5.37. The number of halogens is 1. The van der Waals surface area contributed by atoms with Crippen molar-refractivity contribution in [3.05, 3.63) is 41.4 Å². The van der Waals surface area contributed by atoms with Crippen molar-refractivity contribution in [1.29, 1.82) is 0 Å². The number of hydrogen-bond acceptors (Lipinski definition) is 5. The molecule has 6 nitrogen and oxygen atoms in total. The van der Waals surface area contributed by atoms with E-state index in [0.717, 1.165) is 17.0 Å². The van der Waals surface area contributed by atoms with Crippen LogP contribution >= 0.6 is 23.4 Å². The summed E-state index contributed by atoms with van der Waals surface area (Å²) < 4.78 is 5.42. The first-order valence-electron chi connectivity index (χ1n) is 9.07. The molecule has 4 rings (SSSR count). The lowest BCUT2D eigenvalue weighted by atomic mass is 10.2. The van der Waals surface area contributed by atoms with Crippen molar-refractivity contribution >= 4 is 52.2 Å². The number of hydrogen-bond donors (Lipinski definition) is 2. The third kappa shape index (κ3) is 3.91. The topological polar surface area (TPSA) is 70.7 Å². The number of benzene rings is 2. The number of thioether (sulfide) groups is 1. The third-order valence-corrected chi connectivity index (χ3v) is 6.23. The molecule has 0 aromatic heterocycles. The van der Waals surface area contributed by atoms with Crippen molar-refractivity contribution in [3.8, 4) is 5.75 Å². The Balaban J connectivity index is 1.50. The minimum absolute atomic E-state index is 0.0230. The molecule has 146 valence electrons. The third-order valence-electron chi connectivity index (χ3n) is 4.68. The van der Waals surface area contributed by atoms with Crippen molar-refractivity contribution in [2.24, 2.45) is 0 Å². The number of anilines is 3. The summed E-state index contributed by atoms with van der Waals surface area (Å²) in [7, 11) is 0. The van der Waals surface area contributed by atoms with E-state index in [1.54, 1.807) is 23.9 Å². The first kappa shape index (κ1) is 19.0. The van der Waals surface area contributed by atoms with Gasteiger partial charge in [0.25, 0.3) is 5.91 Å². The Bertz CT molecular complexity index is 937. The van der Waals surface area contributed by atoms with Gasteiger partial charge in [0.15, 0.2) is 6.61 Å². The number of ether oxygens (including phenoxy) is 1. The highest BCUT2D eigenvalue weighted by Gasteiger charge is 2.24. The highest BCUT2D eigenvalue weighted by Crippen LogP contribution is 2.38. The van der Waals surface area contributed by atoms with Crippen molar-refractivity contribution in [2.45, 2.75) is 23.5 Å². The zero-order valence-corrected chi connectivity index (χ0v) is 16.9. The highest BCUT2D eigenvalue weighted by molar-refractivity contribution is 8.00. The lowest BCUT2D eigenvalue weighted by Crippen LogP contribution is -2.36. The lowest BCUT2D eigenvalue weighted by Gasteiger charge is -2.24. The van der Waals surface area contributed by atoms with Gasteiger partial charge in [-0.2, -0.15) is 0 Å². The Labute approximate surface area is 172 Å². The molecule has 1 unspecified atom stereocenters. The van der Waals surface area contributed by atoms with Crippen LogP contribution in [0.25, 0.3) is 0 Å². The van der Waals surface area contributed by atoms with Gasteiger partial charge in [0.2, 0.25) is 5.91 Å². The number of carbonyl (C=O) groups is 2. The summed E-state index contributed by atoms with van der Waals surface area (Å²) in [6.45, 7) is 2.93. The second-order valence-electron chi connectivity index (χ2n) is 6.75. The van der Waals surface area contributed by atoms with E-state index in [0.29, 0.717) is 33.9 Å². The monoisotopic (exact) mass is 417 g/mol. The number of para-hydroxylation sites is 1. The van der Waals surface area contributed by atoms with Crippen LogP contribution in [0.2, 0.25) is 5.02 Å². The Hall–Kier alpha value is -2.38. The van der Waals surface area contributed by atoms with Crippen LogP contribution in [0.4, 0.5) is 17.1 Å². The van der Waals surface area contributed by atoms with Gasteiger partial charge in [-0.05, 0) is 24.6 Å². The van der Waals surface area contributed by atoms with E-state index in [1.165, 1.54) is 0 Å². The van der Waals surface area contributed by atoms with E-state index < -0.39 is 0 Å². The molecule has 2 N–H and O–H groups in total. The fourth-order valence-electron chi connectivity index (χ4n) is 3.25. The zero-order valence-electron chi connectivity index (χ0n) is 15.3. The quantitative estimate of drug-likeness (QED) is 0.789. The molecule has 8 heteroatoms. The maximum atomic E-state index is 13.0. The molecule has 0 saturated heterocycles. The van der Waals surface area contributed by atoms with Gasteiger partial charge in [-0.25, -0.2) is 0 Å². The van der Waals surface area contributed by atoms with Crippen LogP contribution in [0.5, 0.6) is 5.75 Å². The predicted molar refractivity (Wildman–Crippen MR) is 113 cm³/mol. The largest absolute Gasteiger partial charge is 0.482 e. The number of rotatable bonds is 3. The molecule has 2 aromatic carbocycles. The summed E-state index contributed by atoms with van der Waals surface area (Å²) >= 11 is 8.11. The second-order valence-corrected chi connectivity index (χ2v) is 8.64. The zero-order chi connectivity index (χ0) is 19.7. The van der Waals surface area contributed by atoms with Gasteiger partial charge in [0.05, 0.1) is 28.6 Å². The molecule has 0 saturated carbocycles. The van der Waals surface area contributed by atoms with Crippen molar-refractivity contribution in [2.75, 3.05) is 35.2 Å². The van der Waals surface area contributed by atoms with Gasteiger partial charge in [0, 0.05) is 22.8 Å². The number of nitrogens with one attached hydrogen (secondary N) is 2. The molecule has 2 amide bonds. The van der Waals surface area contributed by atoms with Gasteiger partial charge >= 0.3 is 0 Å². The van der Waals surface area contributed by atoms with Gasteiger partial charge in [-0.1, -0.05) is 30.7 Å². The van der Waals surface area contributed by atoms with Crippen LogP contribution < -0.4 is 20.3 Å². The smallest absolute Gasteiger partial charge is 0.262 e. The molecule has 2 heterocycles. The normalized spacial score (nSPS) is 18.3. The van der Waals surface area contributed by atoms with Crippen LogP contribution in [-0.4, -0.2) is 36.8 Å². The number of carbonyl (C=O) groups excluding carboxylic acids is 2. The van der Waals surface area contributed by atoms with E-state index in [4.69, 9.17) is 16.3 Å². The van der Waals surface area contributed by atoms with E-state index in [2.05, 4.69) is 23.6 Å². The minimum Gasteiger partial charge on any atom is -0.482 e. The van der Waals surface area contributed by atoms with Crippen LogP contribution in [-0.2, 0) is 9.59 Å². The van der Waals surface area contributed by atoms with Crippen molar-refractivity contribution < 1.29 is 14.3 Å². The summed E-state index contributed by atoms with van der Waals surface area (Å²) in [6.07, 6.45) is 0.929. The van der Waals surface area contributed by atoms with Gasteiger partial charge in [-0.15, -0.1) is 11.8 Å². The minimum atomic E-state index is -0.216. The molecule has 2 aliphatic heterocycles. The first-order valence-corrected chi connectivity index (χ1v) is 10.3. The number of nitrogens with zero attached hydrogens (tertiary/aromatic N) is 1. The summed E-state index contributed by atoms with van der Waals surface area (Å²) in [6, 6.07) is 11.3. The van der Waals surface area contributed by atoms with Crippen LogP contribution in [0, 0.1) is 0 Å². The van der Waals surface area contributed by atoms with Crippen LogP contribution in [0.3, 0.4) is 0 Å². The standard InChI is InChI=1S/C20H20ClN3O3S/c1-12-6-7-24(16-4-2-3-5-18(16)28-12)20(26)10-22-14-9-17-15(8-13(14)21)23-19(25)11-27-17/h2-5,8-9,12,22H,6-7,10-11H2,1H3,(H,23,25). The van der Waals surface area contributed by atoms with Crippen molar-refractivity contribution in [3.63, 3.8) is 0 Å². The Morgan fingerprint density at radius 2 is 2.21 bits per heavy atom. The summed E-state index contributed by atoms with van der Waals surface area (Å²) in [4.78, 5) is 27.3. The number of fused-ring (bicyclic) bond motifs is 2. The van der Waals surface area contributed by atoms with E-state index in [9.17, 15) is 9.59 Å². The highest BCUT2D eigenvalue weighted by atomic mass is 35.5. The van der Waals surface area contributed by atoms with E-state index >= 15 is 0 Å². The molecule has 2 aliphatic rings. The SMILES string of the molecule is CC1CCN(C(=O)CNc2cc3c(cc2Cl)NC(=O)CO3)c2ccccc2S1. The molecule has 0 bridgehead atoms. The number of amides is 2. The van der Waals surface area contributed by atoms with Crippen LogP contribution in [0.1, 0.15) is 13.3 Å². The molecule has 0 radical (unpaired) electrons. The van der Waals surface area contributed by atoms with E-state index in [1.807, 2.05) is 23.1 Å². The lowest BCUT2D eigenvalue weighted by molar-refractivity contribution is -0.118. The maximum Gasteiger partial charge on any atom is 0.262 e. The molecule has 28 heavy (non-hydrogen) atoms. The molecule has 2 aromatic rings. The van der Waals surface area contributed by atoms with Crippen LogP contribution in [0.15, 0.2) is 41.3 Å². The molecule has 1 atom stereocenters. The van der Waals surface area contributed by atoms with E-state index in [-0.39, 0.29) is 25.0 Å². The molecule has 0 aliphatic carbocycles. The fraction of sp³-hybridized carbons (Fsp3) is 0.300. The average Bonchev–Trinajstić information content (AvgIpc) is 2.84. The maximum absolute atomic E-state index is 13.0. The Morgan fingerprint density at radius 3 is 3.07 bits per heavy atom. The first-order chi connectivity index (χ1) is 13.5. The molecule has 0 fully saturated rings. The summed E-state index contributed by atoms with van der Waals surface area (Å²) in [5.41, 5.74) is 2.08. The molecule has 0 spiro atoms. The fourth-order valence-corrected chi connectivity index (χ4v) is 4.59. The Morgan fingerprint density at radius 1 is 1.39 bits per heavy atom. The van der Waals surface area contributed by atoms with Crippen molar-refractivity contribution in [1.82, 2.24) is 0 Å². The second kappa shape index (κ2) is 7.93. The summed E-state index contributed by atoms with van der Waals surface area (Å²) in [5, 5.41) is 6.69. The predicted octanol–water partition coefficient (Wildman–Crippen LogP) is 4.00. The van der Waals surface area contributed by atoms with Gasteiger partial charge < -0.3 is 20.3 Å².